The third-order valence-electron chi connectivity index (χ3n) is 4.54. The Balaban J connectivity index is 1.88. The van der Waals surface area contributed by atoms with E-state index in [1.807, 2.05) is 6.92 Å². The van der Waals surface area contributed by atoms with E-state index >= 15 is 0 Å². The number of urea groups is 1. The second kappa shape index (κ2) is 7.63. The maximum absolute atomic E-state index is 14.5. The summed E-state index contributed by atoms with van der Waals surface area (Å²) in [5.41, 5.74) is 1.53. The lowest BCUT2D eigenvalue weighted by atomic mass is 10.1. The number of hydrogen-bond acceptors (Lipinski definition) is 3. The number of nitrogens with zero attached hydrogens (tertiary/aromatic N) is 2. The zero-order valence-electron chi connectivity index (χ0n) is 15.2. The van der Waals surface area contributed by atoms with Crippen molar-refractivity contribution in [2.24, 2.45) is 0 Å². The number of Topliss-reactive ketones (excluding diaryl/α,β-unsaturated/α-hetero) is 1. The first kappa shape index (κ1) is 19.9. The van der Waals surface area contributed by atoms with Gasteiger partial charge in [-0.25, -0.2) is 18.0 Å². The molecule has 148 valence electrons. The predicted octanol–water partition coefficient (Wildman–Crippen LogP) is 3.39. The average Bonchev–Trinajstić information content (AvgIpc) is 2.64. The van der Waals surface area contributed by atoms with Crippen molar-refractivity contribution in [3.63, 3.8) is 0 Å². The highest BCUT2D eigenvalue weighted by molar-refractivity contribution is 5.97. The molecule has 2 aromatic carbocycles. The number of carbonyl (C=O) groups excluding carboxylic acids is 2. The van der Waals surface area contributed by atoms with Gasteiger partial charge in [-0.15, -0.1) is 0 Å². The molecule has 1 fully saturated rings. The molecule has 0 radical (unpaired) electrons. The van der Waals surface area contributed by atoms with Gasteiger partial charge in [-0.1, -0.05) is 29.8 Å². The van der Waals surface area contributed by atoms with Crippen molar-refractivity contribution in [2.45, 2.75) is 19.4 Å². The van der Waals surface area contributed by atoms with Crippen molar-refractivity contribution >= 4 is 17.5 Å². The van der Waals surface area contributed by atoms with Gasteiger partial charge in [-0.3, -0.25) is 9.69 Å². The highest BCUT2D eigenvalue weighted by atomic mass is 19.3. The molecule has 0 atom stereocenters. The number of benzene rings is 2. The molecule has 5 nitrogen and oxygen atoms in total. The third kappa shape index (κ3) is 4.17. The van der Waals surface area contributed by atoms with Crippen LogP contribution in [0.25, 0.3) is 0 Å². The standard InChI is InChI=1S/C20H19F3N2O3/c1-13-2-6-16(7-3-13)25(19(28)24-11-20(22,23)12-24)9-15-5-4-14(8-17(15)21)18(27)10-26/h2-8,26H,9-12H2,1H3. The summed E-state index contributed by atoms with van der Waals surface area (Å²) in [6.07, 6.45) is 0. The lowest BCUT2D eigenvalue weighted by molar-refractivity contribution is -0.108. The van der Waals surface area contributed by atoms with Crippen LogP contribution >= 0.6 is 0 Å². The maximum atomic E-state index is 14.5. The number of aryl methyl sites for hydroxylation is 1. The van der Waals surface area contributed by atoms with E-state index in [1.165, 1.54) is 17.0 Å². The van der Waals surface area contributed by atoms with Crippen molar-refractivity contribution in [3.05, 3.63) is 65.0 Å². The number of rotatable bonds is 5. The lowest BCUT2D eigenvalue weighted by Crippen LogP contribution is -2.61. The van der Waals surface area contributed by atoms with Gasteiger partial charge in [-0.05, 0) is 25.1 Å². The van der Waals surface area contributed by atoms with E-state index in [9.17, 15) is 22.8 Å². The molecule has 1 saturated heterocycles. The number of aliphatic hydroxyl groups is 1. The first-order valence-electron chi connectivity index (χ1n) is 8.63. The topological polar surface area (TPSA) is 60.9 Å². The van der Waals surface area contributed by atoms with E-state index in [4.69, 9.17) is 5.11 Å². The molecule has 8 heteroatoms. The van der Waals surface area contributed by atoms with Gasteiger partial charge in [0.25, 0.3) is 5.92 Å². The van der Waals surface area contributed by atoms with Gasteiger partial charge < -0.3 is 10.0 Å². The van der Waals surface area contributed by atoms with Crippen LogP contribution in [0.15, 0.2) is 42.5 Å². The molecule has 1 aliphatic heterocycles. The number of halogens is 3. The maximum Gasteiger partial charge on any atom is 0.325 e. The van der Waals surface area contributed by atoms with Crippen molar-refractivity contribution in [3.8, 4) is 0 Å². The van der Waals surface area contributed by atoms with Gasteiger partial charge in [-0.2, -0.15) is 0 Å². The van der Waals surface area contributed by atoms with Crippen LogP contribution in [0.5, 0.6) is 0 Å². The molecule has 1 aliphatic rings. The van der Waals surface area contributed by atoms with Gasteiger partial charge in [0, 0.05) is 16.8 Å². The third-order valence-corrected chi connectivity index (χ3v) is 4.54. The van der Waals surface area contributed by atoms with E-state index in [0.29, 0.717) is 5.69 Å². The van der Waals surface area contributed by atoms with Gasteiger partial charge in [0.15, 0.2) is 5.78 Å². The Morgan fingerprint density at radius 3 is 2.32 bits per heavy atom. The summed E-state index contributed by atoms with van der Waals surface area (Å²) in [6.45, 7) is -0.428. The molecule has 0 bridgehead atoms. The summed E-state index contributed by atoms with van der Waals surface area (Å²) in [5, 5.41) is 8.88. The molecule has 2 aromatic rings. The largest absolute Gasteiger partial charge is 0.388 e. The SMILES string of the molecule is Cc1ccc(N(Cc2ccc(C(=O)CO)cc2F)C(=O)N2CC(F)(F)C2)cc1. The summed E-state index contributed by atoms with van der Waals surface area (Å²) >= 11 is 0. The minimum Gasteiger partial charge on any atom is -0.388 e. The number of alkyl halides is 2. The predicted molar refractivity (Wildman–Crippen MR) is 97.1 cm³/mol. The second-order valence-electron chi connectivity index (χ2n) is 6.80. The Morgan fingerprint density at radius 2 is 1.79 bits per heavy atom. The number of aliphatic hydroxyl groups excluding tert-OH is 1. The normalized spacial score (nSPS) is 15.1. The molecular formula is C20H19F3N2O3. The lowest BCUT2D eigenvalue weighted by Gasteiger charge is -2.41. The number of amides is 2. The summed E-state index contributed by atoms with van der Waals surface area (Å²) < 4.78 is 40.8. The number of likely N-dealkylation sites (tertiary alicyclic amines) is 1. The fraction of sp³-hybridized carbons (Fsp3) is 0.300. The molecular weight excluding hydrogens is 373 g/mol. The molecule has 0 spiro atoms. The zero-order valence-corrected chi connectivity index (χ0v) is 15.2. The Bertz CT molecular complexity index is 892. The van der Waals surface area contributed by atoms with Crippen LogP contribution in [-0.4, -0.2) is 47.4 Å². The molecule has 1 N–H and O–H groups in total. The van der Waals surface area contributed by atoms with E-state index in [1.54, 1.807) is 24.3 Å². The molecule has 0 saturated carbocycles. The smallest absolute Gasteiger partial charge is 0.325 e. The fourth-order valence-corrected chi connectivity index (χ4v) is 2.92. The number of anilines is 1. The van der Waals surface area contributed by atoms with Crippen LogP contribution in [0, 0.1) is 12.7 Å². The molecule has 0 unspecified atom stereocenters. The molecule has 1 heterocycles. The van der Waals surface area contributed by atoms with Crippen LogP contribution in [0.1, 0.15) is 21.5 Å². The Hall–Kier alpha value is -2.87. The quantitative estimate of drug-likeness (QED) is 0.794. The summed E-state index contributed by atoms with van der Waals surface area (Å²) in [6, 6.07) is 9.89. The first-order valence-corrected chi connectivity index (χ1v) is 8.63. The van der Waals surface area contributed by atoms with Gasteiger partial charge >= 0.3 is 6.03 Å². The van der Waals surface area contributed by atoms with Crippen molar-refractivity contribution in [1.29, 1.82) is 0 Å². The van der Waals surface area contributed by atoms with E-state index in [0.717, 1.165) is 16.5 Å². The molecule has 28 heavy (non-hydrogen) atoms. The van der Waals surface area contributed by atoms with E-state index < -0.39 is 43.3 Å². The van der Waals surface area contributed by atoms with Crippen LogP contribution in [-0.2, 0) is 6.54 Å². The molecule has 0 aliphatic carbocycles. The first-order chi connectivity index (χ1) is 13.2. The summed E-state index contributed by atoms with van der Waals surface area (Å²) in [7, 11) is 0. The van der Waals surface area contributed by atoms with Crippen LogP contribution in [0.4, 0.5) is 23.7 Å². The van der Waals surface area contributed by atoms with Gasteiger partial charge in [0.05, 0.1) is 19.6 Å². The van der Waals surface area contributed by atoms with Crippen LogP contribution in [0.2, 0.25) is 0 Å². The fourth-order valence-electron chi connectivity index (χ4n) is 2.92. The molecule has 0 aromatic heterocycles. The number of carbonyl (C=O) groups is 2. The Morgan fingerprint density at radius 1 is 1.14 bits per heavy atom. The van der Waals surface area contributed by atoms with Gasteiger partial charge in [0.2, 0.25) is 0 Å². The molecule has 2 amide bonds. The molecule has 3 rings (SSSR count). The Kier molecular flexibility index (Phi) is 5.42. The van der Waals surface area contributed by atoms with Crippen molar-refractivity contribution in [2.75, 3.05) is 24.6 Å². The monoisotopic (exact) mass is 392 g/mol. The van der Waals surface area contributed by atoms with Crippen molar-refractivity contribution < 1.29 is 27.9 Å². The Labute approximate surface area is 160 Å². The van der Waals surface area contributed by atoms with E-state index in [2.05, 4.69) is 0 Å². The highest BCUT2D eigenvalue weighted by Gasteiger charge is 2.47. The number of ketones is 1. The summed E-state index contributed by atoms with van der Waals surface area (Å²) in [5.74, 6) is -4.26. The summed E-state index contributed by atoms with van der Waals surface area (Å²) in [4.78, 5) is 26.5. The average molecular weight is 392 g/mol. The van der Waals surface area contributed by atoms with Crippen LogP contribution in [0.3, 0.4) is 0 Å². The minimum atomic E-state index is -2.91. The zero-order chi connectivity index (χ0) is 20.5. The highest BCUT2D eigenvalue weighted by Crippen LogP contribution is 2.30. The minimum absolute atomic E-state index is 0.0133. The van der Waals surface area contributed by atoms with Crippen LogP contribution < -0.4 is 4.90 Å². The second-order valence-corrected chi connectivity index (χ2v) is 6.80. The number of hydrogen-bond donors (Lipinski definition) is 1. The van der Waals surface area contributed by atoms with Crippen molar-refractivity contribution in [1.82, 2.24) is 4.90 Å². The van der Waals surface area contributed by atoms with E-state index in [-0.39, 0.29) is 17.7 Å². The van der Waals surface area contributed by atoms with Gasteiger partial charge in [0.1, 0.15) is 12.4 Å².